The van der Waals surface area contributed by atoms with Gasteiger partial charge < -0.3 is 0 Å². The second kappa shape index (κ2) is 13.1. The fraction of sp³-hybridized carbons (Fsp3) is 0. The van der Waals surface area contributed by atoms with Crippen LogP contribution in [0, 0.1) is 5.41 Å². The number of hydrogen-bond donors (Lipinski definition) is 2. The molecular weight excluding hydrogens is 699 g/mol. The standard InChI is InChI=1S/C47H29N5S2/c48-38-26-25-37-43(45(38)52-53)36-12-4-6-15-39(36)49-44(37)31-23-21-30(22-24-31)41-27-40(50-47(51-41)32-9-2-1-3-10-32)29-19-17-28(18-20-29)33-13-8-14-35-34-11-5-7-16-42(34)54-46(33)35/h1-27,48,53H/b48-38?,52-45+. The molecule has 10 rings (SSSR count). The van der Waals surface area contributed by atoms with Crippen LogP contribution < -0.4 is 0 Å². The van der Waals surface area contributed by atoms with Gasteiger partial charge >= 0.3 is 0 Å². The Balaban J connectivity index is 1.05. The van der Waals surface area contributed by atoms with Crippen molar-refractivity contribution in [3.05, 3.63) is 169 Å². The summed E-state index contributed by atoms with van der Waals surface area (Å²) >= 11 is 6.09. The SMILES string of the molecule is N=C1C=Cc2c(-c3ccc(-c4cc(-c5ccc(-c6cccc7c6sc6ccccc67)cc5)nc(-c5ccccc5)n4)cc3)nc3ccccc3c2/C1=N/S. The predicted octanol–water partition coefficient (Wildman–Crippen LogP) is 12.4. The third kappa shape index (κ3) is 5.45. The minimum absolute atomic E-state index is 0.326. The smallest absolute Gasteiger partial charge is 0.160 e. The van der Waals surface area contributed by atoms with Crippen LogP contribution in [0.4, 0.5) is 0 Å². The molecule has 6 aromatic carbocycles. The van der Waals surface area contributed by atoms with Crippen molar-refractivity contribution in [3.63, 3.8) is 0 Å². The van der Waals surface area contributed by atoms with E-state index in [1.165, 1.54) is 31.3 Å². The number of nitrogens with zero attached hydrogens (tertiary/aromatic N) is 4. The zero-order chi connectivity index (χ0) is 36.2. The van der Waals surface area contributed by atoms with E-state index in [9.17, 15) is 0 Å². The summed E-state index contributed by atoms with van der Waals surface area (Å²) in [6.45, 7) is 0. The molecule has 0 atom stereocenters. The Morgan fingerprint density at radius 1 is 0.537 bits per heavy atom. The van der Waals surface area contributed by atoms with Gasteiger partial charge in [0.05, 0.1) is 28.3 Å². The summed E-state index contributed by atoms with van der Waals surface area (Å²) in [6.07, 6.45) is 3.72. The molecule has 5 nitrogen and oxygen atoms in total. The molecule has 3 heterocycles. The third-order valence-electron chi connectivity index (χ3n) is 10.0. The van der Waals surface area contributed by atoms with Gasteiger partial charge in [0, 0.05) is 58.9 Å². The zero-order valence-corrected chi connectivity index (χ0v) is 30.4. The summed E-state index contributed by atoms with van der Waals surface area (Å²) in [5.41, 5.74) is 12.3. The molecule has 54 heavy (non-hydrogen) atoms. The number of allylic oxidation sites excluding steroid dienone is 1. The van der Waals surface area contributed by atoms with E-state index in [0.717, 1.165) is 61.4 Å². The van der Waals surface area contributed by atoms with Crippen LogP contribution in [0.3, 0.4) is 0 Å². The second-order valence-corrected chi connectivity index (χ2v) is 14.5. The molecule has 3 aromatic heterocycles. The molecule has 0 saturated heterocycles. The molecule has 1 aliphatic rings. The quantitative estimate of drug-likeness (QED) is 0.173. The molecule has 0 unspecified atom stereocenters. The number of fused-ring (bicyclic) bond motifs is 6. The maximum absolute atomic E-state index is 8.51. The first-order chi connectivity index (χ1) is 26.6. The normalized spacial score (nSPS) is 13.3. The Bertz CT molecular complexity index is 3000. The zero-order valence-electron chi connectivity index (χ0n) is 28.7. The number of thiol groups is 1. The van der Waals surface area contributed by atoms with E-state index in [2.05, 4.69) is 114 Å². The van der Waals surface area contributed by atoms with Gasteiger partial charge in [0.15, 0.2) is 5.82 Å². The van der Waals surface area contributed by atoms with E-state index in [1.807, 2.05) is 72.0 Å². The minimum atomic E-state index is 0.326. The Hall–Kier alpha value is -6.54. The summed E-state index contributed by atoms with van der Waals surface area (Å²) in [4.78, 5) is 15.3. The van der Waals surface area contributed by atoms with Crippen molar-refractivity contribution in [3.8, 4) is 56.3 Å². The maximum atomic E-state index is 8.51. The van der Waals surface area contributed by atoms with Crippen LogP contribution in [-0.4, -0.2) is 26.4 Å². The fourth-order valence-corrected chi connectivity index (χ4v) is 8.85. The molecular formula is C47H29N5S2. The van der Waals surface area contributed by atoms with Gasteiger partial charge in [0.2, 0.25) is 0 Å². The maximum Gasteiger partial charge on any atom is 0.160 e. The molecule has 0 spiro atoms. The molecule has 0 aliphatic heterocycles. The molecule has 0 radical (unpaired) electrons. The van der Waals surface area contributed by atoms with Crippen molar-refractivity contribution in [1.29, 1.82) is 5.41 Å². The Morgan fingerprint density at radius 2 is 1.17 bits per heavy atom. The van der Waals surface area contributed by atoms with E-state index in [1.54, 1.807) is 6.08 Å². The van der Waals surface area contributed by atoms with Crippen LogP contribution in [0.5, 0.6) is 0 Å². The highest BCUT2D eigenvalue weighted by atomic mass is 32.1. The second-order valence-electron chi connectivity index (χ2n) is 13.2. The average Bonchev–Trinajstić information content (AvgIpc) is 3.63. The number of nitrogens with one attached hydrogen (secondary N) is 1. The molecule has 9 aromatic rings. The molecule has 0 amide bonds. The molecule has 0 bridgehead atoms. The molecule has 1 N–H and O–H groups in total. The van der Waals surface area contributed by atoms with Gasteiger partial charge in [-0.05, 0) is 54.3 Å². The van der Waals surface area contributed by atoms with Gasteiger partial charge in [0.25, 0.3) is 0 Å². The third-order valence-corrected chi connectivity index (χ3v) is 11.5. The van der Waals surface area contributed by atoms with Crippen LogP contribution in [-0.2, 0) is 0 Å². The van der Waals surface area contributed by atoms with E-state index in [4.69, 9.17) is 20.4 Å². The number of rotatable bonds is 5. The highest BCUT2D eigenvalue weighted by molar-refractivity contribution is 7.79. The van der Waals surface area contributed by atoms with Crippen molar-refractivity contribution in [2.75, 3.05) is 0 Å². The number of para-hydroxylation sites is 1. The van der Waals surface area contributed by atoms with Gasteiger partial charge in [-0.15, -0.1) is 11.3 Å². The van der Waals surface area contributed by atoms with Crippen LogP contribution >= 0.6 is 24.2 Å². The van der Waals surface area contributed by atoms with E-state index in [-0.39, 0.29) is 0 Å². The van der Waals surface area contributed by atoms with Gasteiger partial charge in [-0.3, -0.25) is 5.41 Å². The van der Waals surface area contributed by atoms with Gasteiger partial charge in [-0.2, -0.15) is 0 Å². The number of hydrogen-bond acceptors (Lipinski definition) is 7. The summed E-state index contributed by atoms with van der Waals surface area (Å²) in [5, 5.41) is 12.0. The minimum Gasteiger partial charge on any atom is -0.299 e. The van der Waals surface area contributed by atoms with Crippen LogP contribution in [0.25, 0.3) is 93.4 Å². The van der Waals surface area contributed by atoms with Crippen LogP contribution in [0.1, 0.15) is 11.1 Å². The summed E-state index contributed by atoms with van der Waals surface area (Å²) < 4.78 is 6.81. The van der Waals surface area contributed by atoms with E-state index in [0.29, 0.717) is 17.2 Å². The first-order valence-corrected chi connectivity index (χ1v) is 18.8. The largest absolute Gasteiger partial charge is 0.299 e. The fourth-order valence-electron chi connectivity index (χ4n) is 7.40. The molecule has 254 valence electrons. The van der Waals surface area contributed by atoms with Crippen molar-refractivity contribution < 1.29 is 0 Å². The molecule has 7 heteroatoms. The number of aromatic nitrogens is 3. The number of pyridine rings is 1. The molecule has 0 fully saturated rings. The molecule has 1 aliphatic carbocycles. The lowest BCUT2D eigenvalue weighted by molar-refractivity contribution is 1.18. The van der Waals surface area contributed by atoms with Crippen LogP contribution in [0.15, 0.2) is 162 Å². The van der Waals surface area contributed by atoms with E-state index < -0.39 is 0 Å². The average molecular weight is 728 g/mol. The van der Waals surface area contributed by atoms with Crippen molar-refractivity contribution >= 4 is 72.7 Å². The summed E-state index contributed by atoms with van der Waals surface area (Å²) in [5.74, 6) is 0.669. The Labute approximate surface area is 321 Å². The Kier molecular flexibility index (Phi) is 7.82. The predicted molar refractivity (Wildman–Crippen MR) is 230 cm³/mol. The van der Waals surface area contributed by atoms with Gasteiger partial charge in [0.1, 0.15) is 5.71 Å². The lowest BCUT2D eigenvalue weighted by Gasteiger charge is -2.19. The number of thiophene rings is 1. The van der Waals surface area contributed by atoms with E-state index >= 15 is 0 Å². The van der Waals surface area contributed by atoms with Crippen molar-refractivity contribution in [2.24, 2.45) is 4.40 Å². The lowest BCUT2D eigenvalue weighted by Crippen LogP contribution is -2.18. The summed E-state index contributed by atoms with van der Waals surface area (Å²) in [7, 11) is 0. The van der Waals surface area contributed by atoms with Crippen LogP contribution in [0.2, 0.25) is 0 Å². The Morgan fingerprint density at radius 3 is 1.91 bits per heavy atom. The van der Waals surface area contributed by atoms with Crippen molar-refractivity contribution in [2.45, 2.75) is 0 Å². The monoisotopic (exact) mass is 727 g/mol. The lowest BCUT2D eigenvalue weighted by atomic mass is 9.88. The highest BCUT2D eigenvalue weighted by Gasteiger charge is 2.24. The number of benzene rings is 6. The van der Waals surface area contributed by atoms with Gasteiger partial charge in [-0.1, -0.05) is 133 Å². The molecule has 0 saturated carbocycles. The topological polar surface area (TPSA) is 74.9 Å². The first-order valence-electron chi connectivity index (χ1n) is 17.6. The van der Waals surface area contributed by atoms with Gasteiger partial charge in [-0.25, -0.2) is 19.3 Å². The highest BCUT2D eigenvalue weighted by Crippen LogP contribution is 2.41. The van der Waals surface area contributed by atoms with Crippen molar-refractivity contribution in [1.82, 2.24) is 15.0 Å². The summed E-state index contributed by atoms with van der Waals surface area (Å²) in [6, 6.07) is 52.5. The first kappa shape index (κ1) is 32.1.